The molecular weight excluding hydrogens is 158 g/mol. The lowest BCUT2D eigenvalue weighted by Crippen LogP contribution is -2.21. The number of hydrogen-bond donors (Lipinski definition) is 0. The van der Waals surface area contributed by atoms with Crippen LogP contribution in [0, 0.1) is 4.91 Å². The molecule has 1 aliphatic heterocycles. The Labute approximate surface area is 70.9 Å². The van der Waals surface area contributed by atoms with Gasteiger partial charge in [0.05, 0.1) is 0 Å². The summed E-state index contributed by atoms with van der Waals surface area (Å²) in [7, 11) is 3.43. The van der Waals surface area contributed by atoms with Gasteiger partial charge in [0.2, 0.25) is 0 Å². The van der Waals surface area contributed by atoms with Gasteiger partial charge in [-0.15, -0.1) is 4.91 Å². The summed E-state index contributed by atoms with van der Waals surface area (Å²) in [5.41, 5.74) is 0. The normalized spacial score (nSPS) is 19.3. The Kier molecular flexibility index (Phi) is 2.82. The number of hydrogen-bond acceptors (Lipinski definition) is 5. The standard InChI is InChI=1S/C7H11N3O2/c1-9-3-4-10(6-12-2)7(9)5-8-11/h3-5H,6H2,1-2H3/b7-5+. The van der Waals surface area contributed by atoms with Crippen molar-refractivity contribution < 1.29 is 4.74 Å². The number of methoxy groups -OCH3 is 1. The van der Waals surface area contributed by atoms with Crippen LogP contribution in [0.5, 0.6) is 0 Å². The van der Waals surface area contributed by atoms with E-state index in [9.17, 15) is 4.91 Å². The highest BCUT2D eigenvalue weighted by molar-refractivity contribution is 5.12. The molecule has 0 saturated heterocycles. The second kappa shape index (κ2) is 3.87. The Hall–Kier alpha value is -1.36. The zero-order chi connectivity index (χ0) is 8.97. The monoisotopic (exact) mass is 169 g/mol. The first-order valence-corrected chi connectivity index (χ1v) is 3.49. The third-order valence-corrected chi connectivity index (χ3v) is 1.56. The van der Waals surface area contributed by atoms with E-state index in [2.05, 4.69) is 5.18 Å². The molecule has 5 nitrogen and oxygen atoms in total. The highest BCUT2D eigenvalue weighted by atomic mass is 16.5. The molecule has 0 aromatic carbocycles. The van der Waals surface area contributed by atoms with Gasteiger partial charge in [-0.1, -0.05) is 0 Å². The molecule has 0 aromatic heterocycles. The van der Waals surface area contributed by atoms with E-state index in [1.165, 1.54) is 6.20 Å². The Morgan fingerprint density at radius 2 is 2.42 bits per heavy atom. The average molecular weight is 169 g/mol. The van der Waals surface area contributed by atoms with Crippen LogP contribution in [0.1, 0.15) is 0 Å². The molecule has 1 rings (SSSR count). The summed E-state index contributed by atoms with van der Waals surface area (Å²) in [6.07, 6.45) is 4.90. The van der Waals surface area contributed by atoms with Gasteiger partial charge in [0.1, 0.15) is 18.8 Å². The molecule has 0 aromatic rings. The fraction of sp³-hybridized carbons (Fsp3) is 0.429. The predicted octanol–water partition coefficient (Wildman–Crippen LogP) is 0.874. The SMILES string of the molecule is COCN1C=CN(C)/C1=C\N=O. The minimum absolute atomic E-state index is 0.419. The van der Waals surface area contributed by atoms with Crippen LogP contribution in [0.4, 0.5) is 0 Å². The molecule has 1 aliphatic rings. The lowest BCUT2D eigenvalue weighted by Gasteiger charge is -2.19. The molecule has 0 bridgehead atoms. The maximum absolute atomic E-state index is 10.0. The molecule has 0 N–H and O–H groups in total. The van der Waals surface area contributed by atoms with Gasteiger partial charge in [0, 0.05) is 26.6 Å². The fourth-order valence-corrected chi connectivity index (χ4v) is 0.996. The first-order valence-electron chi connectivity index (χ1n) is 3.49. The second-order valence-electron chi connectivity index (χ2n) is 2.39. The van der Waals surface area contributed by atoms with Crippen LogP contribution in [0.3, 0.4) is 0 Å². The van der Waals surface area contributed by atoms with Crippen molar-refractivity contribution in [1.82, 2.24) is 9.80 Å². The van der Waals surface area contributed by atoms with Crippen molar-refractivity contribution in [3.8, 4) is 0 Å². The average Bonchev–Trinajstić information content (AvgIpc) is 2.37. The van der Waals surface area contributed by atoms with Crippen molar-refractivity contribution in [2.24, 2.45) is 5.18 Å². The molecule has 0 radical (unpaired) electrons. The number of ether oxygens (including phenoxy) is 1. The van der Waals surface area contributed by atoms with E-state index in [-0.39, 0.29) is 0 Å². The Balaban J connectivity index is 2.69. The number of rotatable bonds is 3. The van der Waals surface area contributed by atoms with Crippen LogP contribution >= 0.6 is 0 Å². The van der Waals surface area contributed by atoms with Gasteiger partial charge in [-0.25, -0.2) is 0 Å². The Morgan fingerprint density at radius 3 is 3.00 bits per heavy atom. The molecule has 0 amide bonds. The van der Waals surface area contributed by atoms with Crippen molar-refractivity contribution in [2.45, 2.75) is 0 Å². The maximum atomic E-state index is 10.0. The van der Waals surface area contributed by atoms with Gasteiger partial charge in [-0.2, -0.15) is 0 Å². The predicted molar refractivity (Wildman–Crippen MR) is 44.5 cm³/mol. The van der Waals surface area contributed by atoms with E-state index < -0.39 is 0 Å². The van der Waals surface area contributed by atoms with Crippen molar-refractivity contribution in [3.63, 3.8) is 0 Å². The molecule has 1 heterocycles. The zero-order valence-electron chi connectivity index (χ0n) is 7.10. The molecule has 0 unspecified atom stereocenters. The minimum atomic E-state index is 0.419. The highest BCUT2D eigenvalue weighted by Gasteiger charge is 2.15. The molecule has 0 atom stereocenters. The largest absolute Gasteiger partial charge is 0.364 e. The van der Waals surface area contributed by atoms with Gasteiger partial charge >= 0.3 is 0 Å². The van der Waals surface area contributed by atoms with Crippen molar-refractivity contribution in [2.75, 3.05) is 20.9 Å². The Bertz CT molecular complexity index is 225. The molecule has 12 heavy (non-hydrogen) atoms. The lowest BCUT2D eigenvalue weighted by atomic mass is 10.6. The van der Waals surface area contributed by atoms with Gasteiger partial charge in [0.25, 0.3) is 0 Å². The molecule has 0 saturated carbocycles. The van der Waals surface area contributed by atoms with Gasteiger partial charge in [0.15, 0.2) is 0 Å². The third kappa shape index (κ3) is 1.62. The van der Waals surface area contributed by atoms with Crippen LogP contribution in [0.15, 0.2) is 29.6 Å². The van der Waals surface area contributed by atoms with Crippen molar-refractivity contribution >= 4 is 0 Å². The van der Waals surface area contributed by atoms with Gasteiger partial charge in [-0.3, -0.25) is 0 Å². The first-order chi connectivity index (χ1) is 5.79. The van der Waals surface area contributed by atoms with Crippen LogP contribution in [0.2, 0.25) is 0 Å². The highest BCUT2D eigenvalue weighted by Crippen LogP contribution is 2.16. The van der Waals surface area contributed by atoms with Crippen LogP contribution < -0.4 is 0 Å². The minimum Gasteiger partial charge on any atom is -0.364 e. The quantitative estimate of drug-likeness (QED) is 0.588. The number of nitroso groups, excluding NO2 is 1. The van der Waals surface area contributed by atoms with Gasteiger partial charge in [-0.05, 0) is 5.18 Å². The summed E-state index contributed by atoms with van der Waals surface area (Å²) >= 11 is 0. The van der Waals surface area contributed by atoms with Crippen LogP contribution in [0.25, 0.3) is 0 Å². The van der Waals surface area contributed by atoms with E-state index in [1.54, 1.807) is 16.9 Å². The van der Waals surface area contributed by atoms with E-state index in [4.69, 9.17) is 4.74 Å². The smallest absolute Gasteiger partial charge is 0.136 e. The third-order valence-electron chi connectivity index (χ3n) is 1.56. The van der Waals surface area contributed by atoms with Crippen molar-refractivity contribution in [3.05, 3.63) is 29.3 Å². The van der Waals surface area contributed by atoms with E-state index in [1.807, 2.05) is 19.4 Å². The Morgan fingerprint density at radius 1 is 1.67 bits per heavy atom. The van der Waals surface area contributed by atoms with Crippen LogP contribution in [-0.4, -0.2) is 30.7 Å². The molecule has 0 spiro atoms. The maximum Gasteiger partial charge on any atom is 0.136 e. The number of nitrogens with zero attached hydrogens (tertiary/aromatic N) is 3. The lowest BCUT2D eigenvalue weighted by molar-refractivity contribution is 0.110. The summed E-state index contributed by atoms with van der Waals surface area (Å²) in [6.45, 7) is 0.419. The molecular formula is C7H11N3O2. The van der Waals surface area contributed by atoms with E-state index >= 15 is 0 Å². The zero-order valence-corrected chi connectivity index (χ0v) is 7.10. The van der Waals surface area contributed by atoms with E-state index in [0.29, 0.717) is 12.6 Å². The molecule has 66 valence electrons. The summed E-state index contributed by atoms with van der Waals surface area (Å²) in [6, 6.07) is 0. The molecule has 0 aliphatic carbocycles. The van der Waals surface area contributed by atoms with E-state index in [0.717, 1.165) is 0 Å². The molecule has 0 fully saturated rings. The first kappa shape index (κ1) is 8.73. The second-order valence-corrected chi connectivity index (χ2v) is 2.39. The summed E-state index contributed by atoms with van der Waals surface area (Å²) < 4.78 is 4.91. The van der Waals surface area contributed by atoms with Crippen molar-refractivity contribution in [1.29, 1.82) is 0 Å². The topological polar surface area (TPSA) is 45.1 Å². The fourth-order valence-electron chi connectivity index (χ4n) is 0.996. The molecule has 5 heteroatoms. The van der Waals surface area contributed by atoms with Crippen LogP contribution in [-0.2, 0) is 4.74 Å². The van der Waals surface area contributed by atoms with Gasteiger partial charge < -0.3 is 14.5 Å². The summed E-state index contributed by atoms with van der Waals surface area (Å²) in [5.74, 6) is 0.715. The summed E-state index contributed by atoms with van der Waals surface area (Å²) in [5, 5.41) is 2.71. The summed E-state index contributed by atoms with van der Waals surface area (Å²) in [4.78, 5) is 13.6.